The maximum Gasteiger partial charge on any atom is 0.294 e. The van der Waals surface area contributed by atoms with Crippen molar-refractivity contribution in [3.63, 3.8) is 0 Å². The maximum atomic E-state index is 12.6. The van der Waals surface area contributed by atoms with Gasteiger partial charge in [-0.1, -0.05) is 23.4 Å². The van der Waals surface area contributed by atoms with Crippen LogP contribution in [0, 0.1) is 0 Å². The lowest BCUT2D eigenvalue weighted by atomic mass is 10.0. The molecule has 0 unspecified atom stereocenters. The van der Waals surface area contributed by atoms with Crippen molar-refractivity contribution in [3.05, 3.63) is 53.8 Å². The van der Waals surface area contributed by atoms with Gasteiger partial charge in [-0.15, -0.1) is 5.10 Å². The topological polar surface area (TPSA) is 150 Å². The Morgan fingerprint density at radius 2 is 2.30 bits per heavy atom. The number of allylic oxidation sites excluding steroid dienone is 4. The van der Waals surface area contributed by atoms with Crippen molar-refractivity contribution in [2.24, 2.45) is 5.10 Å². The molecule has 11 nitrogen and oxygen atoms in total. The van der Waals surface area contributed by atoms with E-state index in [9.17, 15) is 4.79 Å². The van der Waals surface area contributed by atoms with Crippen LogP contribution < -0.4 is 11.2 Å². The molecule has 3 heterocycles. The van der Waals surface area contributed by atoms with Crippen LogP contribution in [0.4, 0.5) is 5.82 Å². The number of amides is 1. The molecule has 0 fully saturated rings. The van der Waals surface area contributed by atoms with E-state index in [-0.39, 0.29) is 17.3 Å². The van der Waals surface area contributed by atoms with E-state index in [0.717, 1.165) is 18.4 Å². The van der Waals surface area contributed by atoms with E-state index >= 15 is 0 Å². The fourth-order valence-electron chi connectivity index (χ4n) is 2.54. The largest absolute Gasteiger partial charge is 0.463 e. The molecule has 0 saturated heterocycles. The summed E-state index contributed by atoms with van der Waals surface area (Å²) in [6.07, 6.45) is 10.5. The smallest absolute Gasteiger partial charge is 0.294 e. The van der Waals surface area contributed by atoms with Gasteiger partial charge >= 0.3 is 0 Å². The summed E-state index contributed by atoms with van der Waals surface area (Å²) in [6.45, 7) is 0. The normalized spacial score (nSPS) is 13.9. The highest BCUT2D eigenvalue weighted by Crippen LogP contribution is 2.26. The van der Waals surface area contributed by atoms with Crippen molar-refractivity contribution in [1.82, 2.24) is 30.7 Å². The van der Waals surface area contributed by atoms with Gasteiger partial charge in [0.05, 0.1) is 12.5 Å². The van der Waals surface area contributed by atoms with Gasteiger partial charge in [-0.25, -0.2) is 10.1 Å². The van der Waals surface area contributed by atoms with Crippen LogP contribution in [-0.4, -0.2) is 37.4 Å². The van der Waals surface area contributed by atoms with Crippen molar-refractivity contribution in [3.8, 4) is 5.82 Å². The quantitative estimate of drug-likeness (QED) is 0.507. The van der Waals surface area contributed by atoms with Gasteiger partial charge in [0.25, 0.3) is 5.91 Å². The molecule has 3 N–H and O–H groups in total. The molecule has 0 aliphatic heterocycles. The molecule has 0 spiro atoms. The van der Waals surface area contributed by atoms with E-state index in [1.54, 1.807) is 12.1 Å². The Labute approximate surface area is 152 Å². The zero-order chi connectivity index (χ0) is 18.6. The number of carbonyl (C=O) groups is 1. The molecule has 3 aromatic rings. The first-order valence-corrected chi connectivity index (χ1v) is 8.02. The number of aromatic nitrogens is 5. The minimum absolute atomic E-state index is 0.0318. The van der Waals surface area contributed by atoms with Crippen molar-refractivity contribution < 1.29 is 13.8 Å². The van der Waals surface area contributed by atoms with Crippen molar-refractivity contribution >= 4 is 23.5 Å². The van der Waals surface area contributed by atoms with Crippen LogP contribution in [0.25, 0.3) is 11.4 Å². The minimum Gasteiger partial charge on any atom is -0.463 e. The second kappa shape index (κ2) is 7.07. The molecule has 0 saturated carbocycles. The van der Waals surface area contributed by atoms with Gasteiger partial charge in [0, 0.05) is 0 Å². The van der Waals surface area contributed by atoms with Gasteiger partial charge in [-0.05, 0) is 40.9 Å². The molecule has 1 amide bonds. The molecule has 0 bridgehead atoms. The zero-order valence-corrected chi connectivity index (χ0v) is 13.9. The van der Waals surface area contributed by atoms with Crippen LogP contribution in [0.5, 0.6) is 0 Å². The Bertz CT molecular complexity index is 1040. The molecule has 3 aromatic heterocycles. The molecular formula is C16H14N8O3. The highest BCUT2D eigenvalue weighted by molar-refractivity contribution is 5.98. The van der Waals surface area contributed by atoms with E-state index in [1.165, 1.54) is 17.2 Å². The Morgan fingerprint density at radius 1 is 1.37 bits per heavy atom. The number of carbonyl (C=O) groups excluding carboxylic acids is 1. The number of anilines is 1. The van der Waals surface area contributed by atoms with Crippen molar-refractivity contribution in [1.29, 1.82) is 0 Å². The second-order valence-corrected chi connectivity index (χ2v) is 5.53. The number of hydrogen-bond donors (Lipinski definition) is 2. The lowest BCUT2D eigenvalue weighted by Gasteiger charge is -2.09. The van der Waals surface area contributed by atoms with Crippen LogP contribution >= 0.6 is 0 Å². The van der Waals surface area contributed by atoms with Crippen LogP contribution in [0.3, 0.4) is 0 Å². The summed E-state index contributed by atoms with van der Waals surface area (Å²) in [6, 6.07) is 3.42. The molecular weight excluding hydrogens is 352 g/mol. The fraction of sp³-hybridized carbons (Fsp3) is 0.125. The van der Waals surface area contributed by atoms with E-state index in [1.807, 2.05) is 18.2 Å². The number of rotatable bonds is 5. The average molecular weight is 366 g/mol. The Balaban J connectivity index is 1.69. The summed E-state index contributed by atoms with van der Waals surface area (Å²) in [7, 11) is 0. The number of nitrogens with two attached hydrogens (primary N) is 1. The summed E-state index contributed by atoms with van der Waals surface area (Å²) in [5.74, 6) is 0.132. The first kappa shape index (κ1) is 16.4. The van der Waals surface area contributed by atoms with E-state index in [2.05, 4.69) is 35.8 Å². The molecule has 1 aliphatic carbocycles. The average Bonchev–Trinajstić information content (AvgIpc) is 3.42. The second-order valence-electron chi connectivity index (χ2n) is 5.53. The third-order valence-corrected chi connectivity index (χ3v) is 3.75. The number of nitrogens with one attached hydrogen (secondary N) is 1. The van der Waals surface area contributed by atoms with E-state index in [4.69, 9.17) is 10.2 Å². The van der Waals surface area contributed by atoms with Gasteiger partial charge in [0.15, 0.2) is 5.69 Å². The van der Waals surface area contributed by atoms with Crippen molar-refractivity contribution in [2.45, 2.75) is 12.8 Å². The monoisotopic (exact) mass is 366 g/mol. The summed E-state index contributed by atoms with van der Waals surface area (Å²) < 4.78 is 11.1. The Kier molecular flexibility index (Phi) is 4.31. The van der Waals surface area contributed by atoms with Crippen LogP contribution in [0.1, 0.15) is 34.8 Å². The SMILES string of the molecule is Nc1nonc1-n1nnc(C(=O)N/N=C/c2ccco2)c1C1=CCCC=C1. The van der Waals surface area contributed by atoms with Crippen molar-refractivity contribution in [2.75, 3.05) is 5.73 Å². The number of furan rings is 1. The first-order chi connectivity index (χ1) is 13.2. The lowest BCUT2D eigenvalue weighted by molar-refractivity contribution is 0.0950. The minimum atomic E-state index is -0.547. The summed E-state index contributed by atoms with van der Waals surface area (Å²) in [4.78, 5) is 12.6. The number of hydrogen-bond acceptors (Lipinski definition) is 9. The Hall–Kier alpha value is -4.02. The molecule has 1 aliphatic rings. The molecule has 136 valence electrons. The highest BCUT2D eigenvalue weighted by Gasteiger charge is 2.25. The lowest BCUT2D eigenvalue weighted by Crippen LogP contribution is -2.20. The molecule has 11 heteroatoms. The predicted molar refractivity (Wildman–Crippen MR) is 93.7 cm³/mol. The predicted octanol–water partition coefficient (Wildman–Crippen LogP) is 1.32. The third kappa shape index (κ3) is 3.25. The van der Waals surface area contributed by atoms with E-state index in [0.29, 0.717) is 11.5 Å². The summed E-state index contributed by atoms with van der Waals surface area (Å²) >= 11 is 0. The highest BCUT2D eigenvalue weighted by atomic mass is 16.6. The van der Waals surface area contributed by atoms with Crippen LogP contribution in [0.2, 0.25) is 0 Å². The van der Waals surface area contributed by atoms with Crippen LogP contribution in [0.15, 0.2) is 50.8 Å². The number of hydrazone groups is 1. The van der Waals surface area contributed by atoms with Crippen LogP contribution in [-0.2, 0) is 0 Å². The molecule has 0 atom stereocenters. The van der Waals surface area contributed by atoms with E-state index < -0.39 is 5.91 Å². The van der Waals surface area contributed by atoms with Gasteiger partial charge < -0.3 is 10.2 Å². The molecule has 0 radical (unpaired) electrons. The number of nitrogens with zero attached hydrogens (tertiary/aromatic N) is 6. The summed E-state index contributed by atoms with van der Waals surface area (Å²) in [5, 5.41) is 19.1. The fourth-order valence-corrected chi connectivity index (χ4v) is 2.54. The first-order valence-electron chi connectivity index (χ1n) is 8.02. The van der Waals surface area contributed by atoms with Gasteiger partial charge in [-0.2, -0.15) is 9.78 Å². The number of nitrogen functional groups attached to an aromatic ring is 1. The standard InChI is InChI=1S/C16H14N8O3/c17-14-15(22-27-21-14)24-13(10-5-2-1-3-6-10)12(19-23-24)16(25)20-18-9-11-7-4-8-26-11/h2,4-9H,1,3H2,(H2,17,21)(H,20,25)/b18-9+. The van der Waals surface area contributed by atoms with Gasteiger partial charge in [-0.3, -0.25) is 4.79 Å². The molecule has 27 heavy (non-hydrogen) atoms. The Morgan fingerprint density at radius 3 is 3.00 bits per heavy atom. The maximum absolute atomic E-state index is 12.6. The molecule has 0 aromatic carbocycles. The zero-order valence-electron chi connectivity index (χ0n) is 13.9. The third-order valence-electron chi connectivity index (χ3n) is 3.75. The van der Waals surface area contributed by atoms with Gasteiger partial charge in [0.2, 0.25) is 11.6 Å². The molecule has 4 rings (SSSR count). The summed E-state index contributed by atoms with van der Waals surface area (Å²) in [5.41, 5.74) is 9.40. The van der Waals surface area contributed by atoms with Gasteiger partial charge in [0.1, 0.15) is 11.5 Å².